The van der Waals surface area contributed by atoms with E-state index in [9.17, 15) is 23.1 Å². The molecule has 1 heterocycles. The first kappa shape index (κ1) is 13.4. The number of nitrogens with zero attached hydrogens (tertiary/aromatic N) is 3. The van der Waals surface area contributed by atoms with Gasteiger partial charge in [0.15, 0.2) is 5.69 Å². The first-order valence-electron chi connectivity index (χ1n) is 4.49. The monoisotopic (exact) mass is 253 g/mol. The summed E-state index contributed by atoms with van der Waals surface area (Å²) in [6.45, 7) is 2.03. The van der Waals surface area contributed by atoms with E-state index in [1.54, 1.807) is 0 Å². The summed E-state index contributed by atoms with van der Waals surface area (Å²) in [4.78, 5) is 10.6. The van der Waals surface area contributed by atoms with Gasteiger partial charge >= 0.3 is 12.1 Å². The fourth-order valence-corrected chi connectivity index (χ4v) is 1.21. The van der Waals surface area contributed by atoms with Crippen LogP contribution in [0.2, 0.25) is 0 Å². The third-order valence-electron chi connectivity index (χ3n) is 1.74. The molecule has 9 heteroatoms. The van der Waals surface area contributed by atoms with Gasteiger partial charge in [-0.15, -0.1) is 5.10 Å². The molecule has 0 amide bonds. The first-order chi connectivity index (χ1) is 7.52. The van der Waals surface area contributed by atoms with Crippen LogP contribution in [0.3, 0.4) is 0 Å². The zero-order chi connectivity index (χ0) is 13.4. The Morgan fingerprint density at radius 1 is 1.41 bits per heavy atom. The van der Waals surface area contributed by atoms with Crippen molar-refractivity contribution in [3.63, 3.8) is 0 Å². The number of alkyl halides is 3. The van der Waals surface area contributed by atoms with Crippen LogP contribution in [-0.2, 0) is 12.7 Å². The van der Waals surface area contributed by atoms with Crippen LogP contribution in [0.5, 0.6) is 0 Å². The molecular weight excluding hydrogens is 243 g/mol. The molecule has 0 aliphatic heterocycles. The van der Waals surface area contributed by atoms with E-state index in [2.05, 4.69) is 10.3 Å². The Kier molecular flexibility index (Phi) is 3.15. The molecule has 0 aromatic carbocycles. The molecular formula is C8H10F3N3O3. The molecule has 0 fully saturated rings. The van der Waals surface area contributed by atoms with Crippen LogP contribution in [0.1, 0.15) is 30.0 Å². The zero-order valence-corrected chi connectivity index (χ0v) is 8.99. The number of aromatic nitrogens is 3. The summed E-state index contributed by atoms with van der Waals surface area (Å²) in [6, 6.07) is 0. The molecule has 96 valence electrons. The van der Waals surface area contributed by atoms with E-state index >= 15 is 0 Å². The second kappa shape index (κ2) is 3.99. The van der Waals surface area contributed by atoms with Crippen LogP contribution < -0.4 is 0 Å². The SMILES string of the molecule is CC(C)(O)Cn1nnc(C(=O)O)c1C(F)(F)F. The maximum Gasteiger partial charge on any atom is 0.435 e. The van der Waals surface area contributed by atoms with Crippen LogP contribution in [0.4, 0.5) is 13.2 Å². The summed E-state index contributed by atoms with van der Waals surface area (Å²) < 4.78 is 38.2. The number of rotatable bonds is 3. The summed E-state index contributed by atoms with van der Waals surface area (Å²) in [7, 11) is 0. The van der Waals surface area contributed by atoms with Crippen molar-refractivity contribution < 1.29 is 28.2 Å². The topological polar surface area (TPSA) is 88.2 Å². The van der Waals surface area contributed by atoms with Gasteiger partial charge in [0.05, 0.1) is 12.1 Å². The van der Waals surface area contributed by atoms with Crippen molar-refractivity contribution in [1.82, 2.24) is 15.0 Å². The third kappa shape index (κ3) is 3.16. The normalized spacial score (nSPS) is 12.8. The highest BCUT2D eigenvalue weighted by Crippen LogP contribution is 2.31. The van der Waals surface area contributed by atoms with Gasteiger partial charge in [0.25, 0.3) is 0 Å². The Hall–Kier alpha value is -1.64. The number of aliphatic hydroxyl groups is 1. The number of aromatic carboxylic acids is 1. The van der Waals surface area contributed by atoms with Crippen LogP contribution in [0.15, 0.2) is 0 Å². The van der Waals surface area contributed by atoms with Gasteiger partial charge in [-0.25, -0.2) is 9.48 Å². The summed E-state index contributed by atoms with van der Waals surface area (Å²) >= 11 is 0. The molecule has 0 saturated carbocycles. The molecule has 17 heavy (non-hydrogen) atoms. The Morgan fingerprint density at radius 3 is 2.29 bits per heavy atom. The van der Waals surface area contributed by atoms with E-state index < -0.39 is 35.7 Å². The van der Waals surface area contributed by atoms with Gasteiger partial charge in [-0.05, 0) is 13.8 Å². The molecule has 6 nitrogen and oxygen atoms in total. The summed E-state index contributed by atoms with van der Waals surface area (Å²) in [5, 5.41) is 24.0. The van der Waals surface area contributed by atoms with E-state index in [1.165, 1.54) is 13.8 Å². The summed E-state index contributed by atoms with van der Waals surface area (Å²) in [6.07, 6.45) is -4.90. The fraction of sp³-hybridized carbons (Fsp3) is 0.625. The van der Waals surface area contributed by atoms with Gasteiger partial charge in [0, 0.05) is 0 Å². The Bertz CT molecular complexity index is 433. The smallest absolute Gasteiger partial charge is 0.435 e. The van der Waals surface area contributed by atoms with Crippen molar-refractivity contribution in [2.45, 2.75) is 32.2 Å². The van der Waals surface area contributed by atoms with E-state index in [0.717, 1.165) is 0 Å². The number of hydrogen-bond donors (Lipinski definition) is 2. The molecule has 0 radical (unpaired) electrons. The Balaban J connectivity index is 3.29. The predicted molar refractivity (Wildman–Crippen MR) is 48.3 cm³/mol. The van der Waals surface area contributed by atoms with Gasteiger partial charge in [-0.3, -0.25) is 0 Å². The standard InChI is InChI=1S/C8H10F3N3O3/c1-7(2,17)3-14-5(8(9,10)11)4(6(15)16)12-13-14/h17H,3H2,1-2H3,(H,15,16). The van der Waals surface area contributed by atoms with Crippen molar-refractivity contribution in [3.05, 3.63) is 11.4 Å². The lowest BCUT2D eigenvalue weighted by molar-refractivity contribution is -0.145. The molecule has 0 bridgehead atoms. The number of carboxylic acid groups (broad SMARTS) is 1. The highest BCUT2D eigenvalue weighted by molar-refractivity contribution is 5.86. The maximum atomic E-state index is 12.6. The van der Waals surface area contributed by atoms with Gasteiger partial charge in [-0.1, -0.05) is 5.21 Å². The summed E-state index contributed by atoms with van der Waals surface area (Å²) in [5.74, 6) is -1.82. The highest BCUT2D eigenvalue weighted by Gasteiger charge is 2.42. The number of carboxylic acids is 1. The van der Waals surface area contributed by atoms with Crippen molar-refractivity contribution in [2.24, 2.45) is 0 Å². The van der Waals surface area contributed by atoms with Crippen molar-refractivity contribution in [3.8, 4) is 0 Å². The first-order valence-corrected chi connectivity index (χ1v) is 4.49. The zero-order valence-electron chi connectivity index (χ0n) is 8.99. The molecule has 2 N–H and O–H groups in total. The number of halogens is 3. The molecule has 0 spiro atoms. The molecule has 0 atom stereocenters. The summed E-state index contributed by atoms with van der Waals surface area (Å²) in [5.41, 5.74) is -4.13. The lowest BCUT2D eigenvalue weighted by Gasteiger charge is -2.18. The van der Waals surface area contributed by atoms with Gasteiger partial charge in [0.2, 0.25) is 5.69 Å². The predicted octanol–water partition coefficient (Wildman–Crippen LogP) is 0.766. The third-order valence-corrected chi connectivity index (χ3v) is 1.74. The van der Waals surface area contributed by atoms with Crippen LogP contribution in [0, 0.1) is 0 Å². The fourth-order valence-electron chi connectivity index (χ4n) is 1.21. The minimum Gasteiger partial charge on any atom is -0.476 e. The molecule has 1 aromatic heterocycles. The second-order valence-corrected chi connectivity index (χ2v) is 4.06. The largest absolute Gasteiger partial charge is 0.476 e. The van der Waals surface area contributed by atoms with Gasteiger partial charge in [0.1, 0.15) is 0 Å². The quantitative estimate of drug-likeness (QED) is 0.830. The number of hydrogen-bond acceptors (Lipinski definition) is 4. The van der Waals surface area contributed by atoms with Crippen molar-refractivity contribution in [2.75, 3.05) is 0 Å². The van der Waals surface area contributed by atoms with E-state index in [4.69, 9.17) is 5.11 Å². The van der Waals surface area contributed by atoms with Gasteiger partial charge in [-0.2, -0.15) is 13.2 Å². The lowest BCUT2D eigenvalue weighted by atomic mass is 10.1. The minimum atomic E-state index is -4.90. The average molecular weight is 253 g/mol. The van der Waals surface area contributed by atoms with E-state index in [0.29, 0.717) is 4.68 Å². The van der Waals surface area contributed by atoms with Crippen LogP contribution in [0.25, 0.3) is 0 Å². The molecule has 1 aromatic rings. The van der Waals surface area contributed by atoms with Crippen molar-refractivity contribution >= 4 is 5.97 Å². The van der Waals surface area contributed by atoms with Crippen LogP contribution >= 0.6 is 0 Å². The van der Waals surface area contributed by atoms with E-state index in [1.807, 2.05) is 0 Å². The second-order valence-electron chi connectivity index (χ2n) is 4.06. The Labute approximate surface area is 93.7 Å². The molecule has 0 unspecified atom stereocenters. The highest BCUT2D eigenvalue weighted by atomic mass is 19.4. The average Bonchev–Trinajstić information content (AvgIpc) is 2.43. The number of carbonyl (C=O) groups is 1. The molecule has 0 aliphatic carbocycles. The lowest BCUT2D eigenvalue weighted by Crippen LogP contribution is -2.30. The van der Waals surface area contributed by atoms with E-state index in [-0.39, 0.29) is 0 Å². The molecule has 0 aliphatic rings. The molecule has 0 saturated heterocycles. The van der Waals surface area contributed by atoms with Crippen molar-refractivity contribution in [1.29, 1.82) is 0 Å². The maximum absolute atomic E-state index is 12.6. The molecule has 1 rings (SSSR count). The minimum absolute atomic E-state index is 0.337. The van der Waals surface area contributed by atoms with Crippen LogP contribution in [-0.4, -0.2) is 36.8 Å². The Morgan fingerprint density at radius 2 is 1.94 bits per heavy atom. The van der Waals surface area contributed by atoms with Gasteiger partial charge < -0.3 is 10.2 Å².